The number of nitrogens with one attached hydrogen (secondary N) is 1. The Kier molecular flexibility index (Phi) is 7.65. The van der Waals surface area contributed by atoms with Crippen molar-refractivity contribution in [3.05, 3.63) is 59.7 Å². The number of aliphatic hydroxyl groups excluding tert-OH is 1. The minimum Gasteiger partial charge on any atom is -0.493 e. The van der Waals surface area contributed by atoms with E-state index in [4.69, 9.17) is 9.47 Å². The Hall–Kier alpha value is -3.06. The van der Waals surface area contributed by atoms with Gasteiger partial charge in [0.25, 0.3) is 0 Å². The molecular formula is C28H36N2O5. The van der Waals surface area contributed by atoms with Gasteiger partial charge in [0.05, 0.1) is 19.3 Å². The third kappa shape index (κ3) is 5.45. The average Bonchev–Trinajstić information content (AvgIpc) is 3.51. The molecule has 7 nitrogen and oxygen atoms in total. The molecular weight excluding hydrogens is 444 g/mol. The zero-order valence-electron chi connectivity index (χ0n) is 20.8. The van der Waals surface area contributed by atoms with Crippen LogP contribution in [0, 0.1) is 5.41 Å². The summed E-state index contributed by atoms with van der Waals surface area (Å²) in [4.78, 5) is 27.3. The predicted octanol–water partition coefficient (Wildman–Crippen LogP) is 3.65. The van der Waals surface area contributed by atoms with E-state index in [0.717, 1.165) is 24.0 Å². The van der Waals surface area contributed by atoms with Crippen LogP contribution in [-0.4, -0.2) is 54.2 Å². The Morgan fingerprint density at radius 1 is 1.14 bits per heavy atom. The molecule has 1 aliphatic carbocycles. The van der Waals surface area contributed by atoms with Gasteiger partial charge in [0.1, 0.15) is 0 Å². The van der Waals surface area contributed by atoms with Gasteiger partial charge in [0.2, 0.25) is 0 Å². The molecule has 1 aliphatic heterocycles. The maximum Gasteiger partial charge on any atom is 0.311 e. The Bertz CT molecular complexity index is 1030. The fraction of sp³-hybridized carbons (Fsp3) is 0.500. The maximum atomic E-state index is 13.0. The van der Waals surface area contributed by atoms with Crippen molar-refractivity contribution in [2.75, 3.05) is 20.2 Å². The van der Waals surface area contributed by atoms with E-state index < -0.39 is 23.3 Å². The number of carbonyl (C=O) groups is 2. The fourth-order valence-corrected chi connectivity index (χ4v) is 5.26. The number of likely N-dealkylation sites (tertiary alicyclic amines) is 1. The highest BCUT2D eigenvalue weighted by Gasteiger charge is 2.49. The van der Waals surface area contributed by atoms with Gasteiger partial charge in [-0.25, -0.2) is 0 Å². The molecule has 2 aromatic rings. The first-order valence-electron chi connectivity index (χ1n) is 12.5. The molecule has 0 radical (unpaired) electrons. The zero-order chi connectivity index (χ0) is 25.0. The summed E-state index contributed by atoms with van der Waals surface area (Å²) >= 11 is 0. The van der Waals surface area contributed by atoms with Gasteiger partial charge in [-0.2, -0.15) is 0 Å². The molecule has 3 atom stereocenters. The number of ether oxygens (including phenoxy) is 2. The number of benzene rings is 2. The molecule has 7 heteroatoms. The monoisotopic (exact) mass is 480 g/mol. The smallest absolute Gasteiger partial charge is 0.311 e. The summed E-state index contributed by atoms with van der Waals surface area (Å²) in [6, 6.07) is 15.3. The van der Waals surface area contributed by atoms with Crippen LogP contribution in [0.25, 0.3) is 0 Å². The molecule has 4 rings (SSSR count). The van der Waals surface area contributed by atoms with Crippen molar-refractivity contribution in [2.24, 2.45) is 5.41 Å². The molecule has 1 saturated carbocycles. The van der Waals surface area contributed by atoms with Crippen molar-refractivity contribution in [1.82, 2.24) is 10.2 Å². The maximum absolute atomic E-state index is 13.0. The van der Waals surface area contributed by atoms with Crippen molar-refractivity contribution in [2.45, 2.75) is 64.2 Å². The van der Waals surface area contributed by atoms with Crippen LogP contribution in [0.2, 0.25) is 0 Å². The molecule has 1 saturated heterocycles. The first-order valence-corrected chi connectivity index (χ1v) is 12.5. The molecule has 0 spiro atoms. The Morgan fingerprint density at radius 2 is 1.86 bits per heavy atom. The number of methoxy groups -OCH3 is 1. The third-order valence-electron chi connectivity index (χ3n) is 7.65. The van der Waals surface area contributed by atoms with Crippen molar-refractivity contribution >= 4 is 11.8 Å². The molecule has 2 aromatic carbocycles. The molecule has 2 N–H and O–H groups in total. The van der Waals surface area contributed by atoms with E-state index in [0.29, 0.717) is 18.0 Å². The quantitative estimate of drug-likeness (QED) is 0.591. The average molecular weight is 481 g/mol. The lowest BCUT2D eigenvalue weighted by atomic mass is 9.72. The molecule has 2 aliphatic rings. The van der Waals surface area contributed by atoms with Gasteiger partial charge in [0.15, 0.2) is 11.5 Å². The van der Waals surface area contributed by atoms with Crippen LogP contribution < -0.4 is 14.8 Å². The lowest BCUT2D eigenvalue weighted by Gasteiger charge is -2.34. The van der Waals surface area contributed by atoms with Crippen LogP contribution in [0.4, 0.5) is 0 Å². The summed E-state index contributed by atoms with van der Waals surface area (Å²) in [5.41, 5.74) is 1.27. The Morgan fingerprint density at radius 3 is 2.51 bits per heavy atom. The number of rotatable bonds is 7. The largest absolute Gasteiger partial charge is 0.493 e. The highest BCUT2D eigenvalue weighted by molar-refractivity contribution is 6.35. The second-order valence-electron chi connectivity index (χ2n) is 10.0. The van der Waals surface area contributed by atoms with Crippen LogP contribution in [0.15, 0.2) is 48.5 Å². The van der Waals surface area contributed by atoms with Crippen LogP contribution >= 0.6 is 0 Å². The van der Waals surface area contributed by atoms with Crippen LogP contribution in [-0.2, 0) is 16.1 Å². The number of hydrogen-bond acceptors (Lipinski definition) is 5. The van der Waals surface area contributed by atoms with E-state index in [1.165, 1.54) is 12.8 Å². The van der Waals surface area contributed by atoms with E-state index in [1.54, 1.807) is 18.9 Å². The standard InChI is InChI=1S/C28H36N2O5/c1-19(31)28(2)18-30(27(33)26(32)29-16-20-9-5-4-6-10-20)17-23(28)21-13-14-24(34-3)25(15-21)35-22-11-7-8-12-22/h4-6,9-10,13-15,19,22-23,31H,7-8,11-12,16-18H2,1-3H3,(H,29,32)/t19-,23+,28+/m1/s1. The summed E-state index contributed by atoms with van der Waals surface area (Å²) in [6.45, 7) is 4.64. The number of aliphatic hydroxyl groups is 1. The topological polar surface area (TPSA) is 88.1 Å². The van der Waals surface area contributed by atoms with Crippen molar-refractivity contribution in [3.63, 3.8) is 0 Å². The second-order valence-corrected chi connectivity index (χ2v) is 10.0. The summed E-state index contributed by atoms with van der Waals surface area (Å²) in [5.74, 6) is -0.0141. The van der Waals surface area contributed by atoms with Gasteiger partial charge in [0, 0.05) is 31.0 Å². The number of nitrogens with zero attached hydrogens (tertiary/aromatic N) is 1. The Labute approximate surface area is 207 Å². The summed E-state index contributed by atoms with van der Waals surface area (Å²) in [5, 5.41) is 13.5. The van der Waals surface area contributed by atoms with Gasteiger partial charge in [-0.3, -0.25) is 9.59 Å². The SMILES string of the molecule is COc1ccc([C@@H]2CN(C(=O)C(=O)NCc3ccccc3)C[C@@]2(C)[C@@H](C)O)cc1OC1CCCC1. The summed E-state index contributed by atoms with van der Waals surface area (Å²) < 4.78 is 11.8. The minimum absolute atomic E-state index is 0.162. The molecule has 2 fully saturated rings. The molecule has 2 amide bonds. The highest BCUT2D eigenvalue weighted by atomic mass is 16.5. The normalized spacial score (nSPS) is 23.2. The number of carbonyl (C=O) groups excluding carboxylic acids is 2. The Balaban J connectivity index is 1.52. The molecule has 1 heterocycles. The van der Waals surface area contributed by atoms with Gasteiger partial charge in [-0.15, -0.1) is 0 Å². The lowest BCUT2D eigenvalue weighted by molar-refractivity contribution is -0.145. The molecule has 35 heavy (non-hydrogen) atoms. The van der Waals surface area contributed by atoms with E-state index in [9.17, 15) is 14.7 Å². The van der Waals surface area contributed by atoms with E-state index in [2.05, 4.69) is 5.32 Å². The minimum atomic E-state index is -0.681. The van der Waals surface area contributed by atoms with Gasteiger partial charge >= 0.3 is 11.8 Å². The van der Waals surface area contributed by atoms with Crippen LogP contribution in [0.5, 0.6) is 11.5 Å². The third-order valence-corrected chi connectivity index (χ3v) is 7.65. The van der Waals surface area contributed by atoms with Gasteiger partial charge in [-0.05, 0) is 55.9 Å². The van der Waals surface area contributed by atoms with Gasteiger partial charge < -0.3 is 24.8 Å². The predicted molar refractivity (Wildman–Crippen MR) is 133 cm³/mol. The fourth-order valence-electron chi connectivity index (χ4n) is 5.26. The highest BCUT2D eigenvalue weighted by Crippen LogP contribution is 2.47. The van der Waals surface area contributed by atoms with Crippen LogP contribution in [0.3, 0.4) is 0 Å². The molecule has 0 bridgehead atoms. The lowest BCUT2D eigenvalue weighted by Crippen LogP contribution is -2.43. The van der Waals surface area contributed by atoms with Crippen LogP contribution in [0.1, 0.15) is 56.6 Å². The number of hydrogen-bond donors (Lipinski definition) is 2. The second kappa shape index (κ2) is 10.7. The first-order chi connectivity index (χ1) is 16.8. The first kappa shape index (κ1) is 25.0. The van der Waals surface area contributed by atoms with E-state index >= 15 is 0 Å². The van der Waals surface area contributed by atoms with Crippen molar-refractivity contribution in [1.29, 1.82) is 0 Å². The van der Waals surface area contributed by atoms with E-state index in [1.807, 2.05) is 55.5 Å². The summed E-state index contributed by atoms with van der Waals surface area (Å²) in [6.07, 6.45) is 3.89. The molecule has 0 unspecified atom stereocenters. The zero-order valence-corrected chi connectivity index (χ0v) is 20.8. The van der Waals surface area contributed by atoms with E-state index in [-0.39, 0.29) is 25.1 Å². The molecule has 0 aromatic heterocycles. The van der Waals surface area contributed by atoms with Crippen molar-refractivity contribution < 1.29 is 24.2 Å². The van der Waals surface area contributed by atoms with Crippen molar-refractivity contribution in [3.8, 4) is 11.5 Å². The van der Waals surface area contributed by atoms with Gasteiger partial charge in [-0.1, -0.05) is 43.3 Å². The number of amides is 2. The molecule has 188 valence electrons. The summed E-state index contributed by atoms with van der Waals surface area (Å²) in [7, 11) is 1.63.